The second-order valence-electron chi connectivity index (χ2n) is 6.00. The number of hydrogen-bond donors (Lipinski definition) is 1. The number of amides is 1. The summed E-state index contributed by atoms with van der Waals surface area (Å²) in [4.78, 5) is 15.5. The van der Waals surface area contributed by atoms with Crippen molar-refractivity contribution in [2.45, 2.75) is 32.4 Å². The molecule has 0 aliphatic rings. The first kappa shape index (κ1) is 17.3. The summed E-state index contributed by atoms with van der Waals surface area (Å²) in [5, 5.41) is 11.7. The minimum Gasteiger partial charge on any atom is -0.378 e. The van der Waals surface area contributed by atoms with Crippen LogP contribution in [0, 0.1) is 11.8 Å². The van der Waals surface area contributed by atoms with Crippen molar-refractivity contribution in [3.8, 4) is 11.8 Å². The molecule has 3 nitrogen and oxygen atoms in total. The molecule has 2 aromatic rings. The number of carbonyl (C=O) groups is 1. The Morgan fingerprint density at radius 3 is 2.65 bits per heavy atom. The largest absolute Gasteiger partial charge is 0.378 e. The van der Waals surface area contributed by atoms with E-state index < -0.39 is 5.60 Å². The van der Waals surface area contributed by atoms with Crippen LogP contribution < -0.4 is 0 Å². The highest BCUT2D eigenvalue weighted by atomic mass is 32.1. The topological polar surface area (TPSA) is 40.5 Å². The zero-order valence-electron chi connectivity index (χ0n) is 13.8. The lowest BCUT2D eigenvalue weighted by molar-refractivity contribution is 0.0745. The van der Waals surface area contributed by atoms with Gasteiger partial charge < -0.3 is 10.0 Å². The highest BCUT2D eigenvalue weighted by Crippen LogP contribution is 2.24. The van der Waals surface area contributed by atoms with Crippen molar-refractivity contribution in [2.75, 3.05) is 7.05 Å². The van der Waals surface area contributed by atoms with Crippen LogP contribution in [0.3, 0.4) is 0 Å². The van der Waals surface area contributed by atoms with Crippen molar-refractivity contribution in [1.29, 1.82) is 0 Å². The minimum atomic E-state index is -1.05. The van der Waals surface area contributed by atoms with Gasteiger partial charge in [0, 0.05) is 23.1 Å². The Hall–Kier alpha value is -2.09. The van der Waals surface area contributed by atoms with Gasteiger partial charge in [-0.05, 0) is 50.4 Å². The molecule has 0 fully saturated rings. The molecule has 0 bridgehead atoms. The molecule has 0 spiro atoms. The van der Waals surface area contributed by atoms with Gasteiger partial charge in [-0.3, -0.25) is 4.79 Å². The van der Waals surface area contributed by atoms with E-state index in [-0.39, 0.29) is 11.9 Å². The number of hydrogen-bond acceptors (Lipinski definition) is 3. The van der Waals surface area contributed by atoms with Crippen LogP contribution in [0.15, 0.2) is 41.8 Å². The zero-order chi connectivity index (χ0) is 17.0. The fraction of sp³-hybridized carbons (Fsp3) is 0.316. The first-order valence-corrected chi connectivity index (χ1v) is 8.32. The van der Waals surface area contributed by atoms with Crippen molar-refractivity contribution in [3.05, 3.63) is 57.8 Å². The van der Waals surface area contributed by atoms with Gasteiger partial charge in [0.05, 0.1) is 6.04 Å². The minimum absolute atomic E-state index is 0.0219. The lowest BCUT2D eigenvalue weighted by atomic mass is 10.1. The Bertz CT molecular complexity index is 733. The third-order valence-corrected chi connectivity index (χ3v) is 4.52. The van der Waals surface area contributed by atoms with E-state index in [9.17, 15) is 9.90 Å². The summed E-state index contributed by atoms with van der Waals surface area (Å²) in [6, 6.07) is 11.2. The summed E-state index contributed by atoms with van der Waals surface area (Å²) >= 11 is 1.64. The van der Waals surface area contributed by atoms with Gasteiger partial charge in [-0.25, -0.2) is 0 Å². The molecule has 1 N–H and O–H groups in total. The zero-order valence-corrected chi connectivity index (χ0v) is 14.6. The predicted molar refractivity (Wildman–Crippen MR) is 94.4 cm³/mol. The molecular weight excluding hydrogens is 306 g/mol. The monoisotopic (exact) mass is 327 g/mol. The molecule has 0 aliphatic carbocycles. The maximum Gasteiger partial charge on any atom is 0.254 e. The third-order valence-electron chi connectivity index (χ3n) is 3.48. The molecular formula is C19H21NO2S. The fourth-order valence-electron chi connectivity index (χ4n) is 2.05. The van der Waals surface area contributed by atoms with Crippen LogP contribution in [0.1, 0.15) is 47.6 Å². The molecule has 23 heavy (non-hydrogen) atoms. The summed E-state index contributed by atoms with van der Waals surface area (Å²) < 4.78 is 0. The Kier molecular flexibility index (Phi) is 5.25. The molecule has 4 heteroatoms. The van der Waals surface area contributed by atoms with E-state index in [2.05, 4.69) is 11.8 Å². The number of nitrogens with zero attached hydrogens (tertiary/aromatic N) is 1. The molecule has 2 rings (SSSR count). The second-order valence-corrected chi connectivity index (χ2v) is 6.98. The smallest absolute Gasteiger partial charge is 0.254 e. The van der Waals surface area contributed by atoms with Gasteiger partial charge in [-0.15, -0.1) is 11.3 Å². The molecule has 0 saturated heterocycles. The quantitative estimate of drug-likeness (QED) is 0.873. The first-order chi connectivity index (χ1) is 10.8. The van der Waals surface area contributed by atoms with E-state index in [4.69, 9.17) is 0 Å². The van der Waals surface area contributed by atoms with Gasteiger partial charge in [0.2, 0.25) is 0 Å². The molecule has 0 aliphatic heterocycles. The number of thiophene rings is 1. The van der Waals surface area contributed by atoms with Gasteiger partial charge in [0.1, 0.15) is 5.60 Å². The SMILES string of the molecule is C[C@@H](c1cccs1)N(C)C(=O)c1cccc(C#CC(C)(C)O)c1. The summed E-state index contributed by atoms with van der Waals surface area (Å²) in [5.41, 5.74) is 0.262. The van der Waals surface area contributed by atoms with Crippen LogP contribution in [0.25, 0.3) is 0 Å². The normalized spacial score (nSPS) is 12.2. The van der Waals surface area contributed by atoms with Crippen molar-refractivity contribution in [1.82, 2.24) is 4.90 Å². The maximum absolute atomic E-state index is 12.7. The molecule has 1 heterocycles. The average Bonchev–Trinajstić information content (AvgIpc) is 3.05. The fourth-order valence-corrected chi connectivity index (χ4v) is 2.88. The van der Waals surface area contributed by atoms with Gasteiger partial charge in [0.25, 0.3) is 5.91 Å². The number of benzene rings is 1. The third kappa shape index (κ3) is 4.69. The molecule has 1 atom stereocenters. The Labute approximate surface area is 141 Å². The average molecular weight is 327 g/mol. The van der Waals surface area contributed by atoms with Crippen molar-refractivity contribution < 1.29 is 9.90 Å². The predicted octanol–water partition coefficient (Wildman–Crippen LogP) is 3.70. The number of aliphatic hydroxyl groups is 1. The number of carbonyl (C=O) groups excluding carboxylic acids is 1. The Morgan fingerprint density at radius 1 is 1.30 bits per heavy atom. The van der Waals surface area contributed by atoms with E-state index in [1.165, 1.54) is 0 Å². The standard InChI is InChI=1S/C19H21NO2S/c1-14(17-9-6-12-23-17)20(4)18(21)16-8-5-7-15(13-16)10-11-19(2,3)22/h5-9,12-14,22H,1-4H3/t14-/m0/s1. The van der Waals surface area contributed by atoms with Gasteiger partial charge in [-0.1, -0.05) is 24.0 Å². The lowest BCUT2D eigenvalue weighted by Crippen LogP contribution is -2.29. The molecule has 120 valence electrons. The summed E-state index contributed by atoms with van der Waals surface area (Å²) in [5.74, 6) is 5.62. The molecule has 0 radical (unpaired) electrons. The van der Waals surface area contributed by atoms with E-state index in [0.717, 1.165) is 10.4 Å². The van der Waals surface area contributed by atoms with Crippen molar-refractivity contribution in [3.63, 3.8) is 0 Å². The Morgan fingerprint density at radius 2 is 2.04 bits per heavy atom. The van der Waals surface area contributed by atoms with Crippen LogP contribution in [-0.2, 0) is 0 Å². The van der Waals surface area contributed by atoms with E-state index in [1.54, 1.807) is 42.2 Å². The number of rotatable bonds is 3. The van der Waals surface area contributed by atoms with Crippen molar-refractivity contribution >= 4 is 17.2 Å². The van der Waals surface area contributed by atoms with Crippen LogP contribution in [0.4, 0.5) is 0 Å². The van der Waals surface area contributed by atoms with Crippen LogP contribution in [0.2, 0.25) is 0 Å². The molecule has 1 amide bonds. The lowest BCUT2D eigenvalue weighted by Gasteiger charge is -2.24. The maximum atomic E-state index is 12.7. The molecule has 0 saturated carbocycles. The molecule has 1 aromatic heterocycles. The highest BCUT2D eigenvalue weighted by molar-refractivity contribution is 7.10. The summed E-state index contributed by atoms with van der Waals surface area (Å²) in [7, 11) is 1.81. The van der Waals surface area contributed by atoms with Crippen LogP contribution in [-0.4, -0.2) is 28.6 Å². The van der Waals surface area contributed by atoms with E-state index >= 15 is 0 Å². The molecule has 1 aromatic carbocycles. The summed E-state index contributed by atoms with van der Waals surface area (Å²) in [6.45, 7) is 5.28. The highest BCUT2D eigenvalue weighted by Gasteiger charge is 2.19. The van der Waals surface area contributed by atoms with E-state index in [0.29, 0.717) is 5.56 Å². The van der Waals surface area contributed by atoms with Crippen molar-refractivity contribution in [2.24, 2.45) is 0 Å². The van der Waals surface area contributed by atoms with Gasteiger partial charge in [0.15, 0.2) is 0 Å². The Balaban J connectivity index is 2.20. The van der Waals surface area contributed by atoms with Crippen LogP contribution in [0.5, 0.6) is 0 Å². The summed E-state index contributed by atoms with van der Waals surface area (Å²) in [6.07, 6.45) is 0. The second kappa shape index (κ2) is 6.99. The van der Waals surface area contributed by atoms with E-state index in [1.807, 2.05) is 43.6 Å². The molecule has 0 unspecified atom stereocenters. The van der Waals surface area contributed by atoms with Gasteiger partial charge in [-0.2, -0.15) is 0 Å². The first-order valence-electron chi connectivity index (χ1n) is 7.44. The van der Waals surface area contributed by atoms with Crippen LogP contribution >= 0.6 is 11.3 Å². The van der Waals surface area contributed by atoms with Gasteiger partial charge >= 0.3 is 0 Å².